The zero-order valence-corrected chi connectivity index (χ0v) is 7.99. The van der Waals surface area contributed by atoms with Gasteiger partial charge in [-0.15, -0.1) is 0 Å². The van der Waals surface area contributed by atoms with Crippen molar-refractivity contribution in [3.63, 3.8) is 0 Å². The minimum Gasteiger partial charge on any atom is -0.423 e. The lowest BCUT2D eigenvalue weighted by atomic mass is 9.78. The van der Waals surface area contributed by atoms with Crippen molar-refractivity contribution < 1.29 is 14.5 Å². The molecule has 0 bridgehead atoms. The highest BCUT2D eigenvalue weighted by molar-refractivity contribution is 6.54. The highest BCUT2D eigenvalue weighted by atomic mass is 16.5. The molecule has 74 valence electrons. The smallest absolute Gasteiger partial charge is 0.423 e. The first kappa shape index (κ1) is 10.8. The monoisotopic (exact) mass is 193 g/mol. The van der Waals surface area contributed by atoms with Gasteiger partial charge in [0.25, 0.3) is 0 Å². The topological polar surface area (TPSA) is 58.6 Å². The quantitative estimate of drug-likeness (QED) is 0.380. The number of rotatable bonds is 4. The van der Waals surface area contributed by atoms with Crippen LogP contribution in [0.3, 0.4) is 0 Å². The summed E-state index contributed by atoms with van der Waals surface area (Å²) in [5, 5.41) is 11.9. The number of carbonyl (C=O) groups excluding carboxylic acids is 1. The van der Waals surface area contributed by atoms with Crippen molar-refractivity contribution in [2.24, 2.45) is 0 Å². The third-order valence-electron chi connectivity index (χ3n) is 1.97. The maximum Gasteiger partial charge on any atom is 0.491 e. The molecule has 0 spiro atoms. The molecule has 0 fully saturated rings. The molecule has 1 aliphatic rings. The van der Waals surface area contributed by atoms with Gasteiger partial charge >= 0.3 is 7.12 Å². The number of hydrogen-bond donors (Lipinski definition) is 2. The Morgan fingerprint density at radius 2 is 2.50 bits per heavy atom. The highest BCUT2D eigenvalue weighted by Crippen LogP contribution is 2.18. The van der Waals surface area contributed by atoms with E-state index in [0.29, 0.717) is 24.2 Å². The van der Waals surface area contributed by atoms with Crippen molar-refractivity contribution in [3.8, 4) is 0 Å². The maximum atomic E-state index is 10.2. The van der Waals surface area contributed by atoms with Crippen molar-refractivity contribution in [1.29, 1.82) is 0 Å². The summed E-state index contributed by atoms with van der Waals surface area (Å²) >= 11 is 0. The van der Waals surface area contributed by atoms with Gasteiger partial charge in [0.2, 0.25) is 6.41 Å². The summed E-state index contributed by atoms with van der Waals surface area (Å²) in [4.78, 5) is 10.2. The van der Waals surface area contributed by atoms with E-state index in [9.17, 15) is 9.82 Å². The molecule has 0 atom stereocenters. The summed E-state index contributed by atoms with van der Waals surface area (Å²) < 4.78 is 4.99. The van der Waals surface area contributed by atoms with Crippen molar-refractivity contribution >= 4 is 13.5 Å². The van der Waals surface area contributed by atoms with E-state index in [4.69, 9.17) is 4.65 Å². The number of hydrogen-bond acceptors (Lipinski definition) is 3. The largest absolute Gasteiger partial charge is 0.491 e. The van der Waals surface area contributed by atoms with E-state index in [1.165, 1.54) is 6.08 Å². The molecule has 0 saturated carbocycles. The zero-order chi connectivity index (χ0) is 10.6. The molecule has 0 aromatic carbocycles. The van der Waals surface area contributed by atoms with E-state index in [1.807, 2.05) is 6.92 Å². The Hall–Kier alpha value is -1.33. The average molecular weight is 193 g/mol. The van der Waals surface area contributed by atoms with Crippen LogP contribution in [0.15, 0.2) is 35.5 Å². The Bertz CT molecular complexity index is 309. The van der Waals surface area contributed by atoms with Gasteiger partial charge in [-0.2, -0.15) is 0 Å². The standard InChI is InChI=1S/C9H12BNO3/c1-3-8(11-6-12)4-9-7(2)5-14-10(9)13/h3-4,6,13H,1,5H2,2H3,(H,11,12)/b8-4+. The number of carbonyl (C=O) groups is 1. The lowest BCUT2D eigenvalue weighted by molar-refractivity contribution is -0.108. The van der Waals surface area contributed by atoms with Gasteiger partial charge < -0.3 is 15.0 Å². The van der Waals surface area contributed by atoms with Crippen LogP contribution in [-0.2, 0) is 9.45 Å². The first-order chi connectivity index (χ1) is 6.69. The summed E-state index contributed by atoms with van der Waals surface area (Å²) in [5.41, 5.74) is 2.16. The van der Waals surface area contributed by atoms with Crippen molar-refractivity contribution in [2.45, 2.75) is 6.92 Å². The van der Waals surface area contributed by atoms with Gasteiger partial charge in [-0.05, 0) is 30.1 Å². The number of nitrogens with one attached hydrogen (secondary N) is 1. The summed E-state index contributed by atoms with van der Waals surface area (Å²) in [6, 6.07) is 0. The summed E-state index contributed by atoms with van der Waals surface area (Å²) in [6.45, 7) is 5.82. The average Bonchev–Trinajstić information content (AvgIpc) is 2.48. The van der Waals surface area contributed by atoms with Crippen LogP contribution < -0.4 is 5.32 Å². The summed E-state index contributed by atoms with van der Waals surface area (Å²) in [6.07, 6.45) is 3.71. The van der Waals surface area contributed by atoms with Gasteiger partial charge in [-0.1, -0.05) is 6.58 Å². The van der Waals surface area contributed by atoms with Gasteiger partial charge in [0.15, 0.2) is 0 Å². The van der Waals surface area contributed by atoms with Crippen LogP contribution in [0, 0.1) is 0 Å². The van der Waals surface area contributed by atoms with Gasteiger partial charge in [0.05, 0.1) is 6.61 Å². The molecule has 0 aromatic rings. The van der Waals surface area contributed by atoms with E-state index in [2.05, 4.69) is 11.9 Å². The fourth-order valence-corrected chi connectivity index (χ4v) is 1.18. The molecule has 1 heterocycles. The Morgan fingerprint density at radius 1 is 1.79 bits per heavy atom. The minimum atomic E-state index is -0.904. The highest BCUT2D eigenvalue weighted by Gasteiger charge is 2.26. The van der Waals surface area contributed by atoms with E-state index in [-0.39, 0.29) is 0 Å². The van der Waals surface area contributed by atoms with Gasteiger partial charge in [-0.25, -0.2) is 0 Å². The molecule has 0 unspecified atom stereocenters. The molecule has 1 amide bonds. The van der Waals surface area contributed by atoms with Crippen LogP contribution in [0.1, 0.15) is 6.92 Å². The predicted molar refractivity (Wildman–Crippen MR) is 54.1 cm³/mol. The van der Waals surface area contributed by atoms with E-state index < -0.39 is 7.12 Å². The SMILES string of the molecule is C=C/C(=C\C1=C(C)COB1O)NC=O. The molecule has 0 aromatic heterocycles. The lowest BCUT2D eigenvalue weighted by Gasteiger charge is -2.01. The normalized spacial score (nSPS) is 17.3. The third-order valence-corrected chi connectivity index (χ3v) is 1.97. The molecule has 14 heavy (non-hydrogen) atoms. The van der Waals surface area contributed by atoms with E-state index in [1.54, 1.807) is 6.08 Å². The van der Waals surface area contributed by atoms with Crippen LogP contribution >= 0.6 is 0 Å². The number of amides is 1. The molecule has 2 N–H and O–H groups in total. The fourth-order valence-electron chi connectivity index (χ4n) is 1.18. The van der Waals surface area contributed by atoms with Crippen LogP contribution in [0.4, 0.5) is 0 Å². The van der Waals surface area contributed by atoms with Gasteiger partial charge in [0, 0.05) is 5.70 Å². The Kier molecular flexibility index (Phi) is 3.68. The second kappa shape index (κ2) is 4.78. The third kappa shape index (κ3) is 2.34. The summed E-state index contributed by atoms with van der Waals surface area (Å²) in [5.74, 6) is 0. The zero-order valence-electron chi connectivity index (χ0n) is 7.99. The van der Waals surface area contributed by atoms with Gasteiger partial charge in [0.1, 0.15) is 0 Å². The first-order valence-electron chi connectivity index (χ1n) is 4.22. The van der Waals surface area contributed by atoms with E-state index in [0.717, 1.165) is 5.57 Å². The van der Waals surface area contributed by atoms with Crippen molar-refractivity contribution in [3.05, 3.63) is 35.5 Å². The second-order valence-electron chi connectivity index (χ2n) is 2.97. The van der Waals surface area contributed by atoms with Gasteiger partial charge in [-0.3, -0.25) is 4.79 Å². The Balaban J connectivity index is 2.87. The first-order valence-corrected chi connectivity index (χ1v) is 4.22. The molecule has 0 saturated heterocycles. The van der Waals surface area contributed by atoms with Crippen LogP contribution in [0.2, 0.25) is 0 Å². The molecule has 1 aliphatic heterocycles. The Labute approximate surface area is 83.1 Å². The number of allylic oxidation sites excluding steroid dienone is 3. The summed E-state index contributed by atoms with van der Waals surface area (Å²) in [7, 11) is -0.904. The molecule has 1 rings (SSSR count). The van der Waals surface area contributed by atoms with Crippen molar-refractivity contribution in [2.75, 3.05) is 6.61 Å². The fraction of sp³-hybridized carbons (Fsp3) is 0.222. The molecular formula is C9H12BNO3. The van der Waals surface area contributed by atoms with Crippen LogP contribution in [0.25, 0.3) is 0 Å². The van der Waals surface area contributed by atoms with Crippen molar-refractivity contribution in [1.82, 2.24) is 5.32 Å². The van der Waals surface area contributed by atoms with Crippen LogP contribution in [0.5, 0.6) is 0 Å². The lowest BCUT2D eigenvalue weighted by Crippen LogP contribution is -2.16. The Morgan fingerprint density at radius 3 is 2.93 bits per heavy atom. The molecule has 0 radical (unpaired) electrons. The predicted octanol–water partition coefficient (Wildman–Crippen LogP) is 0.169. The molecule has 4 nitrogen and oxygen atoms in total. The molecule has 0 aliphatic carbocycles. The maximum absolute atomic E-state index is 10.2. The van der Waals surface area contributed by atoms with Crippen LogP contribution in [-0.4, -0.2) is 25.2 Å². The van der Waals surface area contributed by atoms with E-state index >= 15 is 0 Å². The minimum absolute atomic E-state index is 0.415. The molecule has 5 heteroatoms. The molecular weight excluding hydrogens is 181 g/mol. The second-order valence-corrected chi connectivity index (χ2v) is 2.97.